The highest BCUT2D eigenvalue weighted by Crippen LogP contribution is 2.36. The van der Waals surface area contributed by atoms with E-state index in [0.717, 1.165) is 11.1 Å². The van der Waals surface area contributed by atoms with Gasteiger partial charge in [-0.2, -0.15) is 0 Å². The van der Waals surface area contributed by atoms with Crippen LogP contribution in [0.1, 0.15) is 11.1 Å². The van der Waals surface area contributed by atoms with E-state index >= 15 is 0 Å². The third kappa shape index (κ3) is 1.58. The fraction of sp³-hybridized carbons (Fsp3) is 0.0667. The number of hydrogen-bond acceptors (Lipinski definition) is 2. The molecule has 0 atom stereocenters. The summed E-state index contributed by atoms with van der Waals surface area (Å²) in [6.07, 6.45) is 3.53. The van der Waals surface area contributed by atoms with Crippen molar-refractivity contribution in [2.45, 2.75) is 5.66 Å². The van der Waals surface area contributed by atoms with Gasteiger partial charge in [0.25, 0.3) is 0 Å². The average molecular weight is 220 g/mol. The number of aliphatic imine (C=N–C) groups is 2. The van der Waals surface area contributed by atoms with Crippen LogP contribution in [-0.2, 0) is 5.66 Å². The van der Waals surface area contributed by atoms with Crippen molar-refractivity contribution in [3.05, 3.63) is 71.8 Å². The van der Waals surface area contributed by atoms with Crippen molar-refractivity contribution < 1.29 is 0 Å². The summed E-state index contributed by atoms with van der Waals surface area (Å²) in [5.74, 6) is 0. The molecule has 0 radical (unpaired) electrons. The Kier molecular flexibility index (Phi) is 2.33. The lowest BCUT2D eigenvalue weighted by atomic mass is 9.92. The molecule has 3 rings (SSSR count). The molecule has 82 valence electrons. The first kappa shape index (κ1) is 9.97. The van der Waals surface area contributed by atoms with Crippen LogP contribution < -0.4 is 0 Å². The maximum atomic E-state index is 4.56. The van der Waals surface area contributed by atoms with Gasteiger partial charge in [-0.15, -0.1) is 0 Å². The van der Waals surface area contributed by atoms with Crippen molar-refractivity contribution in [1.82, 2.24) is 0 Å². The molecule has 2 aromatic carbocycles. The molecule has 2 heteroatoms. The summed E-state index contributed by atoms with van der Waals surface area (Å²) in [6.45, 7) is 0. The van der Waals surface area contributed by atoms with Gasteiger partial charge in [-0.05, 0) is 0 Å². The van der Waals surface area contributed by atoms with Crippen molar-refractivity contribution in [1.29, 1.82) is 0 Å². The van der Waals surface area contributed by atoms with Crippen LogP contribution in [0.5, 0.6) is 0 Å². The van der Waals surface area contributed by atoms with Crippen LogP contribution in [-0.4, -0.2) is 12.4 Å². The van der Waals surface area contributed by atoms with E-state index in [1.54, 1.807) is 12.4 Å². The molecule has 1 heterocycles. The Morgan fingerprint density at radius 2 is 1.00 bits per heavy atom. The number of hydrogen-bond donors (Lipinski definition) is 0. The second-order valence-corrected chi connectivity index (χ2v) is 3.96. The van der Waals surface area contributed by atoms with E-state index in [9.17, 15) is 0 Å². The van der Waals surface area contributed by atoms with Gasteiger partial charge >= 0.3 is 0 Å². The molecule has 0 aliphatic carbocycles. The molecule has 1 aliphatic rings. The fourth-order valence-electron chi connectivity index (χ4n) is 2.12. The quantitative estimate of drug-likeness (QED) is 0.743. The monoisotopic (exact) mass is 220 g/mol. The lowest BCUT2D eigenvalue weighted by Crippen LogP contribution is -2.20. The zero-order valence-electron chi connectivity index (χ0n) is 9.32. The predicted molar refractivity (Wildman–Crippen MR) is 70.6 cm³/mol. The highest BCUT2D eigenvalue weighted by molar-refractivity contribution is 6.18. The van der Waals surface area contributed by atoms with Crippen LogP contribution in [0.25, 0.3) is 0 Å². The van der Waals surface area contributed by atoms with Crippen LogP contribution >= 0.6 is 0 Å². The van der Waals surface area contributed by atoms with Gasteiger partial charge in [0.05, 0.1) is 0 Å². The van der Waals surface area contributed by atoms with Crippen molar-refractivity contribution >= 4 is 12.4 Å². The summed E-state index contributed by atoms with van der Waals surface area (Å²) < 4.78 is 0. The molecular weight excluding hydrogens is 208 g/mol. The van der Waals surface area contributed by atoms with E-state index in [-0.39, 0.29) is 0 Å². The molecule has 0 aromatic heterocycles. The molecule has 0 unspecified atom stereocenters. The van der Waals surface area contributed by atoms with Crippen molar-refractivity contribution in [2.75, 3.05) is 0 Å². The smallest absolute Gasteiger partial charge is 0.201 e. The molecule has 0 N–H and O–H groups in total. The molecule has 0 saturated heterocycles. The number of nitrogens with zero attached hydrogens (tertiary/aromatic N) is 2. The summed E-state index contributed by atoms with van der Waals surface area (Å²) in [7, 11) is 0. The normalized spacial score (nSPS) is 16.2. The predicted octanol–water partition coefficient (Wildman–Crippen LogP) is 3.04. The van der Waals surface area contributed by atoms with E-state index in [1.165, 1.54) is 0 Å². The Bertz CT molecular complexity index is 502. The third-order valence-corrected chi connectivity index (χ3v) is 2.94. The van der Waals surface area contributed by atoms with Crippen molar-refractivity contribution in [2.24, 2.45) is 9.98 Å². The lowest BCUT2D eigenvalue weighted by molar-refractivity contribution is 0.591. The average Bonchev–Trinajstić information content (AvgIpc) is 2.91. The summed E-state index contributed by atoms with van der Waals surface area (Å²) in [5.41, 5.74) is 1.61. The molecule has 2 aromatic rings. The number of benzene rings is 2. The summed E-state index contributed by atoms with van der Waals surface area (Å²) >= 11 is 0. The number of rotatable bonds is 2. The molecule has 1 aliphatic heterocycles. The Balaban J connectivity index is 2.19. The zero-order chi connectivity index (χ0) is 11.6. The van der Waals surface area contributed by atoms with Gasteiger partial charge in [0, 0.05) is 23.6 Å². The molecular formula is C15H12N2. The van der Waals surface area contributed by atoms with Crippen LogP contribution in [0.15, 0.2) is 70.6 Å². The standard InChI is InChI=1S/C15H12N2/c1-3-7-13(8-4-1)15(16-11-12-17-15)14-9-5-2-6-10-14/h1-12H. The Labute approximate surface area is 100 Å². The summed E-state index contributed by atoms with van der Waals surface area (Å²) in [6, 6.07) is 20.3. The third-order valence-electron chi connectivity index (χ3n) is 2.94. The molecule has 0 spiro atoms. The SMILES string of the molecule is C1=NC(c2ccccc2)(c2ccccc2)N=C1. The molecule has 0 saturated carbocycles. The maximum absolute atomic E-state index is 4.56. The van der Waals surface area contributed by atoms with E-state index in [2.05, 4.69) is 34.3 Å². The minimum Gasteiger partial charge on any atom is -0.253 e. The van der Waals surface area contributed by atoms with Crippen LogP contribution in [0.2, 0.25) is 0 Å². The van der Waals surface area contributed by atoms with Crippen LogP contribution in [0.3, 0.4) is 0 Å². The second-order valence-electron chi connectivity index (χ2n) is 3.96. The Morgan fingerprint density at radius 1 is 0.588 bits per heavy atom. The van der Waals surface area contributed by atoms with Crippen molar-refractivity contribution in [3.63, 3.8) is 0 Å². The van der Waals surface area contributed by atoms with E-state index in [4.69, 9.17) is 0 Å². The van der Waals surface area contributed by atoms with Gasteiger partial charge in [0.15, 0.2) is 0 Å². The summed E-state index contributed by atoms with van der Waals surface area (Å²) in [5, 5.41) is 0. The first-order valence-corrected chi connectivity index (χ1v) is 5.62. The Hall–Kier alpha value is -2.22. The Morgan fingerprint density at radius 3 is 1.41 bits per heavy atom. The summed E-state index contributed by atoms with van der Waals surface area (Å²) in [4.78, 5) is 9.12. The first-order chi connectivity index (χ1) is 8.42. The van der Waals surface area contributed by atoms with Gasteiger partial charge in [0.2, 0.25) is 5.66 Å². The van der Waals surface area contributed by atoms with Gasteiger partial charge in [0.1, 0.15) is 0 Å². The van der Waals surface area contributed by atoms with Gasteiger partial charge in [-0.3, -0.25) is 9.98 Å². The minimum absolute atomic E-state index is 0.581. The van der Waals surface area contributed by atoms with E-state index < -0.39 is 5.66 Å². The van der Waals surface area contributed by atoms with Crippen LogP contribution in [0, 0.1) is 0 Å². The van der Waals surface area contributed by atoms with E-state index in [0.29, 0.717) is 0 Å². The second kappa shape index (κ2) is 3.98. The highest BCUT2D eigenvalue weighted by Gasteiger charge is 2.33. The lowest BCUT2D eigenvalue weighted by Gasteiger charge is -2.24. The maximum Gasteiger partial charge on any atom is 0.201 e. The molecule has 0 bridgehead atoms. The first-order valence-electron chi connectivity index (χ1n) is 5.62. The molecule has 2 nitrogen and oxygen atoms in total. The zero-order valence-corrected chi connectivity index (χ0v) is 9.32. The topological polar surface area (TPSA) is 24.7 Å². The highest BCUT2D eigenvalue weighted by atomic mass is 15.1. The van der Waals surface area contributed by atoms with Crippen molar-refractivity contribution in [3.8, 4) is 0 Å². The molecule has 0 amide bonds. The van der Waals surface area contributed by atoms with Gasteiger partial charge < -0.3 is 0 Å². The van der Waals surface area contributed by atoms with Gasteiger partial charge in [-0.1, -0.05) is 60.7 Å². The van der Waals surface area contributed by atoms with Crippen LogP contribution in [0.4, 0.5) is 0 Å². The molecule has 0 fully saturated rings. The fourth-order valence-corrected chi connectivity index (χ4v) is 2.12. The molecule has 17 heavy (non-hydrogen) atoms. The minimum atomic E-state index is -0.581. The largest absolute Gasteiger partial charge is 0.253 e. The van der Waals surface area contributed by atoms with Gasteiger partial charge in [-0.25, -0.2) is 0 Å². The van der Waals surface area contributed by atoms with E-state index in [1.807, 2.05) is 36.4 Å².